The second kappa shape index (κ2) is 5.58. The number of para-hydroxylation sites is 2. The Morgan fingerprint density at radius 3 is 2.83 bits per heavy atom. The Balaban J connectivity index is 1.76. The topological polar surface area (TPSA) is 74.8 Å². The number of H-pyrrole nitrogens is 1. The van der Waals surface area contributed by atoms with E-state index in [1.807, 2.05) is 43.3 Å². The highest BCUT2D eigenvalue weighted by Crippen LogP contribution is 2.28. The van der Waals surface area contributed by atoms with Crippen molar-refractivity contribution in [3.8, 4) is 0 Å². The zero-order chi connectivity index (χ0) is 16.7. The van der Waals surface area contributed by atoms with Crippen molar-refractivity contribution in [2.75, 3.05) is 5.32 Å². The molecular weight excluding hydrogens is 322 g/mol. The number of aromatic nitrogens is 2. The average Bonchev–Trinajstić information content (AvgIpc) is 2.98. The molecule has 2 aromatic heterocycles. The molecule has 0 saturated heterocycles. The monoisotopic (exact) mass is 335 g/mol. The van der Waals surface area contributed by atoms with Crippen molar-refractivity contribution in [3.63, 3.8) is 0 Å². The van der Waals surface area contributed by atoms with Crippen LogP contribution in [-0.4, -0.2) is 15.9 Å². The van der Waals surface area contributed by atoms with Gasteiger partial charge < -0.3 is 4.98 Å². The van der Waals surface area contributed by atoms with E-state index >= 15 is 0 Å². The van der Waals surface area contributed by atoms with Gasteiger partial charge in [0.25, 0.3) is 5.91 Å². The van der Waals surface area contributed by atoms with Gasteiger partial charge in [-0.05, 0) is 24.6 Å². The maximum absolute atomic E-state index is 12.6. The van der Waals surface area contributed by atoms with Crippen molar-refractivity contribution in [1.82, 2.24) is 9.97 Å². The summed E-state index contributed by atoms with van der Waals surface area (Å²) >= 11 is 1.42. The summed E-state index contributed by atoms with van der Waals surface area (Å²) in [6.07, 6.45) is 0. The Kier molecular flexibility index (Phi) is 3.39. The molecule has 0 fully saturated rings. The van der Waals surface area contributed by atoms with Gasteiger partial charge in [0.2, 0.25) is 5.56 Å². The van der Waals surface area contributed by atoms with Crippen LogP contribution < -0.4 is 10.9 Å². The molecule has 0 bridgehead atoms. The highest BCUT2D eigenvalue weighted by atomic mass is 32.1. The molecule has 1 amide bonds. The first-order valence-corrected chi connectivity index (χ1v) is 8.23. The van der Waals surface area contributed by atoms with Crippen LogP contribution in [0.1, 0.15) is 15.9 Å². The number of aryl methyl sites for hydroxylation is 1. The molecule has 6 heteroatoms. The van der Waals surface area contributed by atoms with Gasteiger partial charge in [0.1, 0.15) is 0 Å². The molecule has 0 atom stereocenters. The molecule has 4 rings (SSSR count). The summed E-state index contributed by atoms with van der Waals surface area (Å²) < 4.78 is 1.01. The predicted octanol–water partition coefficient (Wildman–Crippen LogP) is 3.70. The number of amides is 1. The first-order chi connectivity index (χ1) is 11.6. The minimum Gasteiger partial charge on any atom is -0.322 e. The van der Waals surface area contributed by atoms with E-state index in [1.54, 1.807) is 6.07 Å². The minimum atomic E-state index is -0.339. The molecule has 0 saturated carbocycles. The summed E-state index contributed by atoms with van der Waals surface area (Å²) in [5.74, 6) is -0.339. The van der Waals surface area contributed by atoms with Gasteiger partial charge in [-0.15, -0.1) is 0 Å². The van der Waals surface area contributed by atoms with E-state index in [0.29, 0.717) is 21.6 Å². The number of benzene rings is 2. The number of aromatic amines is 1. The molecule has 118 valence electrons. The standard InChI is InChI=1S/C18H13N3O2S/c1-10-5-4-8-14-16(10)20-18(24-14)21-17(23)12-9-15(22)19-13-7-3-2-6-11(12)13/h2-9H,1H3,(H,19,22)(H,20,21,23). The summed E-state index contributed by atoms with van der Waals surface area (Å²) in [5, 5.41) is 4.03. The molecule has 0 aliphatic carbocycles. The average molecular weight is 335 g/mol. The van der Waals surface area contributed by atoms with Gasteiger partial charge in [0.15, 0.2) is 5.13 Å². The molecule has 2 heterocycles. The van der Waals surface area contributed by atoms with Crippen LogP contribution in [0.3, 0.4) is 0 Å². The van der Waals surface area contributed by atoms with Crippen LogP contribution in [-0.2, 0) is 0 Å². The maximum Gasteiger partial charge on any atom is 0.258 e. The number of fused-ring (bicyclic) bond motifs is 2. The number of hydrogen-bond donors (Lipinski definition) is 2. The zero-order valence-corrected chi connectivity index (χ0v) is 13.6. The normalized spacial score (nSPS) is 11.0. The van der Waals surface area contributed by atoms with Crippen molar-refractivity contribution in [2.45, 2.75) is 6.92 Å². The fourth-order valence-electron chi connectivity index (χ4n) is 2.70. The van der Waals surface area contributed by atoms with Gasteiger partial charge in [0, 0.05) is 17.0 Å². The van der Waals surface area contributed by atoms with Crippen LogP contribution in [0.5, 0.6) is 0 Å². The lowest BCUT2D eigenvalue weighted by molar-refractivity contribution is 0.102. The van der Waals surface area contributed by atoms with E-state index in [2.05, 4.69) is 15.3 Å². The van der Waals surface area contributed by atoms with Crippen LogP contribution in [0.4, 0.5) is 5.13 Å². The first kappa shape index (κ1) is 14.6. The Morgan fingerprint density at radius 2 is 2.00 bits per heavy atom. The fraction of sp³-hybridized carbons (Fsp3) is 0.0556. The minimum absolute atomic E-state index is 0.306. The summed E-state index contributed by atoms with van der Waals surface area (Å²) in [6.45, 7) is 1.98. The lowest BCUT2D eigenvalue weighted by Crippen LogP contribution is -2.16. The van der Waals surface area contributed by atoms with Gasteiger partial charge in [-0.1, -0.05) is 41.7 Å². The number of carbonyl (C=O) groups is 1. The van der Waals surface area contributed by atoms with Gasteiger partial charge in [0.05, 0.1) is 15.8 Å². The maximum atomic E-state index is 12.6. The van der Waals surface area contributed by atoms with Gasteiger partial charge in [-0.3, -0.25) is 14.9 Å². The molecule has 0 spiro atoms. The summed E-state index contributed by atoms with van der Waals surface area (Å²) in [4.78, 5) is 31.7. The molecule has 0 unspecified atom stereocenters. The van der Waals surface area contributed by atoms with Gasteiger partial charge in [-0.25, -0.2) is 4.98 Å². The second-order valence-electron chi connectivity index (χ2n) is 5.49. The third-order valence-corrected chi connectivity index (χ3v) is 4.77. The highest BCUT2D eigenvalue weighted by molar-refractivity contribution is 7.22. The smallest absolute Gasteiger partial charge is 0.258 e. The van der Waals surface area contributed by atoms with Crippen LogP contribution in [0.25, 0.3) is 21.1 Å². The number of carbonyl (C=O) groups excluding carboxylic acids is 1. The van der Waals surface area contributed by atoms with Gasteiger partial charge in [-0.2, -0.15) is 0 Å². The molecular formula is C18H13N3O2S. The molecule has 2 aromatic carbocycles. The number of nitrogens with one attached hydrogen (secondary N) is 2. The van der Waals surface area contributed by atoms with Crippen molar-refractivity contribution < 1.29 is 4.79 Å². The molecule has 2 N–H and O–H groups in total. The van der Waals surface area contributed by atoms with E-state index in [1.165, 1.54) is 17.4 Å². The number of hydrogen-bond acceptors (Lipinski definition) is 4. The highest BCUT2D eigenvalue weighted by Gasteiger charge is 2.14. The van der Waals surface area contributed by atoms with Crippen molar-refractivity contribution in [2.24, 2.45) is 0 Å². The van der Waals surface area contributed by atoms with Crippen molar-refractivity contribution in [3.05, 3.63) is 70.0 Å². The van der Waals surface area contributed by atoms with Crippen LogP contribution in [0.2, 0.25) is 0 Å². The SMILES string of the molecule is Cc1cccc2sc(NC(=O)c3cc(=O)[nH]c4ccccc34)nc12. The lowest BCUT2D eigenvalue weighted by atomic mass is 10.1. The van der Waals surface area contributed by atoms with Crippen LogP contribution in [0, 0.1) is 6.92 Å². The number of thiazole rings is 1. The summed E-state index contributed by atoms with van der Waals surface area (Å²) in [6, 6.07) is 14.5. The number of pyridine rings is 1. The molecule has 4 aromatic rings. The van der Waals surface area contributed by atoms with E-state index in [-0.39, 0.29) is 11.5 Å². The zero-order valence-electron chi connectivity index (χ0n) is 12.8. The van der Waals surface area contributed by atoms with Crippen molar-refractivity contribution in [1.29, 1.82) is 0 Å². The number of anilines is 1. The van der Waals surface area contributed by atoms with Crippen LogP contribution in [0.15, 0.2) is 53.3 Å². The summed E-state index contributed by atoms with van der Waals surface area (Å²) in [5.41, 5.74) is 2.61. The third-order valence-electron chi connectivity index (χ3n) is 3.84. The Labute approximate surface area is 141 Å². The van der Waals surface area contributed by atoms with E-state index in [0.717, 1.165) is 15.8 Å². The molecule has 0 aliphatic rings. The first-order valence-electron chi connectivity index (χ1n) is 7.41. The largest absolute Gasteiger partial charge is 0.322 e. The Bertz CT molecular complexity index is 1140. The van der Waals surface area contributed by atoms with Crippen LogP contribution >= 0.6 is 11.3 Å². The van der Waals surface area contributed by atoms with Crippen molar-refractivity contribution >= 4 is 43.5 Å². The summed E-state index contributed by atoms with van der Waals surface area (Å²) in [7, 11) is 0. The number of nitrogens with zero attached hydrogens (tertiary/aromatic N) is 1. The molecule has 0 radical (unpaired) electrons. The predicted molar refractivity (Wildman–Crippen MR) is 96.9 cm³/mol. The fourth-order valence-corrected chi connectivity index (χ4v) is 3.64. The Morgan fingerprint density at radius 1 is 1.17 bits per heavy atom. The third kappa shape index (κ3) is 2.47. The van der Waals surface area contributed by atoms with E-state index in [4.69, 9.17) is 0 Å². The van der Waals surface area contributed by atoms with E-state index < -0.39 is 0 Å². The molecule has 0 aliphatic heterocycles. The van der Waals surface area contributed by atoms with E-state index in [9.17, 15) is 9.59 Å². The quantitative estimate of drug-likeness (QED) is 0.586. The molecule has 5 nitrogen and oxygen atoms in total. The van der Waals surface area contributed by atoms with Gasteiger partial charge >= 0.3 is 0 Å². The molecule has 24 heavy (non-hydrogen) atoms. The second-order valence-corrected chi connectivity index (χ2v) is 6.52. The lowest BCUT2D eigenvalue weighted by Gasteiger charge is -2.05. The Hall–Kier alpha value is -2.99. The number of rotatable bonds is 2.